The summed E-state index contributed by atoms with van der Waals surface area (Å²) in [6.07, 6.45) is 8.47. The summed E-state index contributed by atoms with van der Waals surface area (Å²) in [6.45, 7) is 0.511. The van der Waals surface area contributed by atoms with Crippen molar-refractivity contribution in [3.63, 3.8) is 0 Å². The number of rotatable bonds is 5. The van der Waals surface area contributed by atoms with Crippen LogP contribution in [0.3, 0.4) is 0 Å². The Labute approximate surface area is 107 Å². The Morgan fingerprint density at radius 3 is 2.06 bits per heavy atom. The molecule has 4 aliphatic carbocycles. The summed E-state index contributed by atoms with van der Waals surface area (Å²) in [6, 6.07) is 0. The second kappa shape index (κ2) is 4.25. The van der Waals surface area contributed by atoms with Crippen LogP contribution in [0.1, 0.15) is 38.5 Å². The van der Waals surface area contributed by atoms with E-state index in [9.17, 15) is 9.59 Å². The van der Waals surface area contributed by atoms with E-state index in [0.717, 1.165) is 17.8 Å². The minimum atomic E-state index is -0.910. The topological polar surface area (TPSA) is 57.6 Å². The van der Waals surface area contributed by atoms with Crippen molar-refractivity contribution in [2.45, 2.75) is 38.5 Å². The highest BCUT2D eigenvalue weighted by molar-refractivity contribution is 5.71. The first kappa shape index (κ1) is 12.0. The van der Waals surface area contributed by atoms with E-state index in [4.69, 9.17) is 5.11 Å². The SMILES string of the molecule is O=CN(CC(=O)O)CC12CC3CC(CC(C3)C1)C2. The van der Waals surface area contributed by atoms with Gasteiger partial charge in [-0.25, -0.2) is 0 Å². The first-order valence-electron chi connectivity index (χ1n) is 7.00. The minimum absolute atomic E-state index is 0.148. The summed E-state index contributed by atoms with van der Waals surface area (Å²) in [7, 11) is 0. The molecule has 4 rings (SSSR count). The predicted molar refractivity (Wildman–Crippen MR) is 65.9 cm³/mol. The molecule has 4 fully saturated rings. The summed E-state index contributed by atoms with van der Waals surface area (Å²) in [5, 5.41) is 8.83. The van der Waals surface area contributed by atoms with Crippen LogP contribution in [-0.4, -0.2) is 35.5 Å². The Kier molecular flexibility index (Phi) is 2.83. The first-order chi connectivity index (χ1) is 8.58. The van der Waals surface area contributed by atoms with Gasteiger partial charge in [-0.3, -0.25) is 9.59 Å². The average Bonchev–Trinajstić information content (AvgIpc) is 2.25. The Morgan fingerprint density at radius 1 is 1.17 bits per heavy atom. The lowest BCUT2D eigenvalue weighted by Gasteiger charge is -2.57. The largest absolute Gasteiger partial charge is 0.480 e. The number of carbonyl (C=O) groups is 2. The maximum atomic E-state index is 11.0. The maximum absolute atomic E-state index is 11.0. The van der Waals surface area contributed by atoms with Crippen molar-refractivity contribution in [1.82, 2.24) is 4.90 Å². The van der Waals surface area contributed by atoms with Crippen LogP contribution in [0.5, 0.6) is 0 Å². The van der Waals surface area contributed by atoms with E-state index in [2.05, 4.69) is 0 Å². The number of hydrogen-bond donors (Lipinski definition) is 1. The molecule has 18 heavy (non-hydrogen) atoms. The number of carboxylic acid groups (broad SMARTS) is 1. The number of nitrogens with zero attached hydrogens (tertiary/aromatic N) is 1. The van der Waals surface area contributed by atoms with Crippen molar-refractivity contribution < 1.29 is 14.7 Å². The Morgan fingerprint density at radius 2 is 1.67 bits per heavy atom. The van der Waals surface area contributed by atoms with Crippen LogP contribution in [-0.2, 0) is 9.59 Å². The number of carbonyl (C=O) groups excluding carboxylic acids is 1. The van der Waals surface area contributed by atoms with Gasteiger partial charge in [0.05, 0.1) is 0 Å². The molecular weight excluding hydrogens is 230 g/mol. The third kappa shape index (κ3) is 2.13. The van der Waals surface area contributed by atoms with Crippen molar-refractivity contribution in [3.05, 3.63) is 0 Å². The van der Waals surface area contributed by atoms with Gasteiger partial charge >= 0.3 is 5.97 Å². The number of amides is 1. The van der Waals surface area contributed by atoms with Crippen LogP contribution in [0.25, 0.3) is 0 Å². The highest BCUT2D eigenvalue weighted by atomic mass is 16.4. The summed E-state index contributed by atoms with van der Waals surface area (Å²) in [5.41, 5.74) is 0.241. The first-order valence-corrected chi connectivity index (χ1v) is 7.00. The number of carboxylic acids is 1. The van der Waals surface area contributed by atoms with Gasteiger partial charge in [0.2, 0.25) is 6.41 Å². The van der Waals surface area contributed by atoms with Gasteiger partial charge in [-0.2, -0.15) is 0 Å². The molecule has 100 valence electrons. The van der Waals surface area contributed by atoms with Gasteiger partial charge in [-0.15, -0.1) is 0 Å². The highest BCUT2D eigenvalue weighted by Crippen LogP contribution is 2.60. The van der Waals surface area contributed by atoms with Gasteiger partial charge < -0.3 is 10.0 Å². The zero-order chi connectivity index (χ0) is 12.8. The lowest BCUT2D eigenvalue weighted by molar-refractivity contribution is -0.143. The molecular formula is C14H21NO3. The molecule has 0 aliphatic heterocycles. The Hall–Kier alpha value is -1.06. The summed E-state index contributed by atoms with van der Waals surface area (Å²) in [5.74, 6) is 1.62. The van der Waals surface area contributed by atoms with Gasteiger partial charge in [0.1, 0.15) is 6.54 Å². The second-order valence-corrected chi connectivity index (χ2v) is 6.82. The normalized spacial score (nSPS) is 40.8. The van der Waals surface area contributed by atoms with Crippen molar-refractivity contribution >= 4 is 12.4 Å². The minimum Gasteiger partial charge on any atom is -0.480 e. The molecule has 4 saturated carbocycles. The molecule has 0 spiro atoms. The predicted octanol–water partition coefficient (Wildman–Crippen LogP) is 1.75. The molecule has 0 aromatic heterocycles. The smallest absolute Gasteiger partial charge is 0.323 e. The molecule has 4 aliphatic rings. The second-order valence-electron chi connectivity index (χ2n) is 6.82. The molecule has 1 N–H and O–H groups in total. The molecule has 0 heterocycles. The van der Waals surface area contributed by atoms with E-state index in [1.165, 1.54) is 43.4 Å². The van der Waals surface area contributed by atoms with Gasteiger partial charge in [0.25, 0.3) is 0 Å². The lowest BCUT2D eigenvalue weighted by Crippen LogP contribution is -2.51. The fourth-order valence-corrected chi connectivity index (χ4v) is 5.22. The van der Waals surface area contributed by atoms with E-state index >= 15 is 0 Å². The summed E-state index contributed by atoms with van der Waals surface area (Å²) in [4.78, 5) is 23.2. The zero-order valence-electron chi connectivity index (χ0n) is 10.7. The molecule has 4 bridgehead atoms. The molecule has 0 saturated heterocycles. The van der Waals surface area contributed by atoms with E-state index in [0.29, 0.717) is 13.0 Å². The van der Waals surface area contributed by atoms with Crippen LogP contribution in [0.15, 0.2) is 0 Å². The van der Waals surface area contributed by atoms with E-state index in [1.807, 2.05) is 0 Å². The average molecular weight is 251 g/mol. The molecule has 0 atom stereocenters. The van der Waals surface area contributed by atoms with Crippen molar-refractivity contribution in [1.29, 1.82) is 0 Å². The molecule has 0 aromatic carbocycles. The standard InChI is InChI=1S/C14H21NO3/c16-9-15(7-13(17)18)8-14-4-10-1-11(5-14)3-12(2-10)6-14/h9-12H,1-8H2,(H,17,18). The number of hydrogen-bond acceptors (Lipinski definition) is 2. The molecule has 4 nitrogen and oxygen atoms in total. The van der Waals surface area contributed by atoms with Gasteiger partial charge in [0, 0.05) is 6.54 Å². The molecule has 0 radical (unpaired) electrons. The summed E-state index contributed by atoms with van der Waals surface area (Å²) < 4.78 is 0. The number of aliphatic carboxylic acids is 1. The molecule has 1 amide bonds. The Balaban J connectivity index is 1.71. The fourth-order valence-electron chi connectivity index (χ4n) is 5.22. The third-order valence-corrected chi connectivity index (χ3v) is 5.19. The summed E-state index contributed by atoms with van der Waals surface area (Å²) >= 11 is 0. The van der Waals surface area contributed by atoms with Crippen molar-refractivity contribution in [3.8, 4) is 0 Å². The molecule has 0 unspecified atom stereocenters. The lowest BCUT2D eigenvalue weighted by atomic mass is 9.49. The molecule has 4 heteroatoms. The van der Waals surface area contributed by atoms with Gasteiger partial charge in [0.15, 0.2) is 0 Å². The zero-order valence-corrected chi connectivity index (χ0v) is 10.7. The van der Waals surface area contributed by atoms with Crippen LogP contribution in [0, 0.1) is 23.2 Å². The fraction of sp³-hybridized carbons (Fsp3) is 0.857. The van der Waals surface area contributed by atoms with Crippen LogP contribution >= 0.6 is 0 Å². The Bertz CT molecular complexity index is 331. The van der Waals surface area contributed by atoms with E-state index < -0.39 is 5.97 Å². The van der Waals surface area contributed by atoms with E-state index in [-0.39, 0.29) is 12.0 Å². The van der Waals surface area contributed by atoms with Crippen LogP contribution in [0.4, 0.5) is 0 Å². The van der Waals surface area contributed by atoms with Gasteiger partial charge in [-0.05, 0) is 61.7 Å². The highest BCUT2D eigenvalue weighted by Gasteiger charge is 2.51. The van der Waals surface area contributed by atoms with Gasteiger partial charge in [-0.1, -0.05) is 0 Å². The third-order valence-electron chi connectivity index (χ3n) is 5.19. The quantitative estimate of drug-likeness (QED) is 0.757. The van der Waals surface area contributed by atoms with Crippen molar-refractivity contribution in [2.24, 2.45) is 23.2 Å². The maximum Gasteiger partial charge on any atom is 0.323 e. The monoisotopic (exact) mass is 251 g/mol. The van der Waals surface area contributed by atoms with Crippen molar-refractivity contribution in [2.75, 3.05) is 13.1 Å². The molecule has 0 aromatic rings. The van der Waals surface area contributed by atoms with E-state index in [1.54, 1.807) is 0 Å². The van der Waals surface area contributed by atoms with Crippen LogP contribution in [0.2, 0.25) is 0 Å². The van der Waals surface area contributed by atoms with Crippen LogP contribution < -0.4 is 0 Å².